The number of aryl methyl sites for hydroxylation is 1. The van der Waals surface area contributed by atoms with Gasteiger partial charge < -0.3 is 4.90 Å². The molecule has 0 atom stereocenters. The molecule has 7 heteroatoms. The van der Waals surface area contributed by atoms with E-state index >= 15 is 0 Å². The average molecular weight is 321 g/mol. The first-order chi connectivity index (χ1) is 10.9. The zero-order valence-corrected chi connectivity index (χ0v) is 14.5. The highest BCUT2D eigenvalue weighted by molar-refractivity contribution is 5.65. The van der Waals surface area contributed by atoms with Gasteiger partial charge in [-0.3, -0.25) is 19.7 Å². The van der Waals surface area contributed by atoms with Crippen molar-refractivity contribution in [3.8, 4) is 0 Å². The first kappa shape index (κ1) is 17.5. The Balaban J connectivity index is 2.40. The summed E-state index contributed by atoms with van der Waals surface area (Å²) in [5.74, 6) is 0.482. The van der Waals surface area contributed by atoms with E-state index in [0.717, 1.165) is 43.9 Å². The second kappa shape index (κ2) is 7.59. The lowest BCUT2D eigenvalue weighted by Crippen LogP contribution is -2.46. The molecule has 23 heavy (non-hydrogen) atoms. The predicted octanol–water partition coefficient (Wildman–Crippen LogP) is 2.40. The summed E-state index contributed by atoms with van der Waals surface area (Å²) in [5, 5.41) is 15.9. The first-order valence-electron chi connectivity index (χ1n) is 8.26. The molecular formula is C16H27N5O2. The number of unbranched alkanes of at least 4 members (excludes halogenated alkanes) is 1. The number of rotatable bonds is 7. The largest absolute Gasteiger partial charge is 0.353 e. The maximum Gasteiger partial charge on any atom is 0.283 e. The van der Waals surface area contributed by atoms with Crippen LogP contribution in [0.1, 0.15) is 39.2 Å². The molecule has 128 valence electrons. The van der Waals surface area contributed by atoms with Crippen LogP contribution < -0.4 is 0 Å². The van der Waals surface area contributed by atoms with Crippen LogP contribution in [0.25, 0.3) is 5.70 Å². The maximum atomic E-state index is 11.7. The van der Waals surface area contributed by atoms with Crippen molar-refractivity contribution in [2.24, 2.45) is 13.0 Å². The van der Waals surface area contributed by atoms with Crippen molar-refractivity contribution in [2.45, 2.75) is 33.6 Å². The third-order valence-electron chi connectivity index (χ3n) is 3.94. The van der Waals surface area contributed by atoms with Gasteiger partial charge >= 0.3 is 0 Å². The van der Waals surface area contributed by atoms with Gasteiger partial charge in [0.15, 0.2) is 0 Å². The van der Waals surface area contributed by atoms with Gasteiger partial charge in [-0.15, -0.1) is 0 Å². The Bertz CT molecular complexity index is 579. The van der Waals surface area contributed by atoms with Crippen molar-refractivity contribution >= 4 is 5.70 Å². The number of nitro groups is 1. The molecule has 0 unspecified atom stereocenters. The van der Waals surface area contributed by atoms with Crippen LogP contribution in [0.3, 0.4) is 0 Å². The quantitative estimate of drug-likeness (QED) is 0.570. The van der Waals surface area contributed by atoms with Gasteiger partial charge in [-0.25, -0.2) is 0 Å². The summed E-state index contributed by atoms with van der Waals surface area (Å²) in [6.07, 6.45) is 5.66. The number of hydrogen-bond donors (Lipinski definition) is 0. The van der Waals surface area contributed by atoms with E-state index in [1.54, 1.807) is 10.9 Å². The van der Waals surface area contributed by atoms with Crippen molar-refractivity contribution in [3.63, 3.8) is 0 Å². The van der Waals surface area contributed by atoms with Gasteiger partial charge in [0, 0.05) is 31.9 Å². The van der Waals surface area contributed by atoms with Crippen molar-refractivity contribution in [1.82, 2.24) is 19.6 Å². The van der Waals surface area contributed by atoms with E-state index in [4.69, 9.17) is 0 Å². The molecule has 1 aliphatic heterocycles. The molecule has 1 aliphatic rings. The molecule has 2 rings (SSSR count). The van der Waals surface area contributed by atoms with E-state index in [1.807, 2.05) is 13.2 Å². The number of nitrogens with zero attached hydrogens (tertiary/aromatic N) is 5. The third kappa shape index (κ3) is 4.31. The highest BCUT2D eigenvalue weighted by atomic mass is 16.6. The Hall–Kier alpha value is -1.89. The molecule has 1 aromatic heterocycles. The lowest BCUT2D eigenvalue weighted by atomic mass is 10.1. The van der Waals surface area contributed by atoms with Gasteiger partial charge in [-0.1, -0.05) is 27.2 Å². The summed E-state index contributed by atoms with van der Waals surface area (Å²) in [5.41, 5.74) is 1.84. The highest BCUT2D eigenvalue weighted by Crippen LogP contribution is 2.29. The standard InChI is InChI=1S/C16H27N5O2/c1-5-6-7-20-12-19(9-13(2)3)11-15(21(22)23)16(20)14-8-17-18(4)10-14/h8,10,13H,5-7,9,11-12H2,1-4H3. The Labute approximate surface area is 137 Å². The maximum absolute atomic E-state index is 11.7. The van der Waals surface area contributed by atoms with Crippen LogP contribution in [0.2, 0.25) is 0 Å². The summed E-state index contributed by atoms with van der Waals surface area (Å²) in [4.78, 5) is 15.7. The van der Waals surface area contributed by atoms with Crippen LogP contribution in [-0.4, -0.2) is 50.8 Å². The van der Waals surface area contributed by atoms with Crippen LogP contribution in [0.15, 0.2) is 18.1 Å². The molecule has 0 aliphatic carbocycles. The minimum absolute atomic E-state index is 0.228. The molecule has 0 amide bonds. The van der Waals surface area contributed by atoms with Gasteiger partial charge in [0.2, 0.25) is 0 Å². The molecule has 7 nitrogen and oxygen atoms in total. The zero-order valence-electron chi connectivity index (χ0n) is 14.5. The molecule has 0 saturated carbocycles. The minimum Gasteiger partial charge on any atom is -0.353 e. The van der Waals surface area contributed by atoms with E-state index < -0.39 is 0 Å². The van der Waals surface area contributed by atoms with Crippen LogP contribution >= 0.6 is 0 Å². The lowest BCUT2D eigenvalue weighted by molar-refractivity contribution is -0.429. The van der Waals surface area contributed by atoms with E-state index in [-0.39, 0.29) is 10.6 Å². The molecule has 2 heterocycles. The fourth-order valence-electron chi connectivity index (χ4n) is 3.04. The van der Waals surface area contributed by atoms with Gasteiger partial charge in [0.1, 0.15) is 5.70 Å². The molecule has 0 bridgehead atoms. The van der Waals surface area contributed by atoms with E-state index in [2.05, 4.69) is 35.7 Å². The second-order valence-electron chi connectivity index (χ2n) is 6.62. The Morgan fingerprint density at radius 3 is 2.70 bits per heavy atom. The summed E-state index contributed by atoms with van der Waals surface area (Å²) in [6, 6.07) is 0. The second-order valence-corrected chi connectivity index (χ2v) is 6.62. The van der Waals surface area contributed by atoms with Gasteiger partial charge in [0.25, 0.3) is 5.70 Å². The molecule has 0 saturated heterocycles. The summed E-state index contributed by atoms with van der Waals surface area (Å²) >= 11 is 0. The molecule has 0 spiro atoms. The SMILES string of the molecule is CCCCN1CN(CC(C)C)CC([N+](=O)[O-])=C1c1cnn(C)c1. The highest BCUT2D eigenvalue weighted by Gasteiger charge is 2.33. The van der Waals surface area contributed by atoms with Crippen molar-refractivity contribution in [3.05, 3.63) is 33.8 Å². The van der Waals surface area contributed by atoms with E-state index in [1.165, 1.54) is 0 Å². The fraction of sp³-hybridized carbons (Fsp3) is 0.688. The Morgan fingerprint density at radius 1 is 1.43 bits per heavy atom. The molecule has 0 fully saturated rings. The van der Waals surface area contributed by atoms with Crippen LogP contribution in [0.5, 0.6) is 0 Å². The summed E-state index contributed by atoms with van der Waals surface area (Å²) < 4.78 is 1.69. The fourth-order valence-corrected chi connectivity index (χ4v) is 3.04. The topological polar surface area (TPSA) is 67.4 Å². The molecular weight excluding hydrogens is 294 g/mol. The molecule has 0 radical (unpaired) electrons. The van der Waals surface area contributed by atoms with Crippen molar-refractivity contribution in [2.75, 3.05) is 26.3 Å². The zero-order chi connectivity index (χ0) is 17.0. The van der Waals surface area contributed by atoms with E-state index in [9.17, 15) is 10.1 Å². The van der Waals surface area contributed by atoms with Gasteiger partial charge in [0.05, 0.1) is 24.3 Å². The van der Waals surface area contributed by atoms with Crippen LogP contribution in [0.4, 0.5) is 0 Å². The molecule has 1 aromatic rings. The summed E-state index contributed by atoms with van der Waals surface area (Å²) in [6.45, 7) is 9.23. The number of hydrogen-bond acceptors (Lipinski definition) is 5. The van der Waals surface area contributed by atoms with E-state index in [0.29, 0.717) is 12.5 Å². The minimum atomic E-state index is -0.228. The molecule has 0 aromatic carbocycles. The van der Waals surface area contributed by atoms with Gasteiger partial charge in [-0.05, 0) is 12.3 Å². The average Bonchev–Trinajstić information content (AvgIpc) is 2.89. The predicted molar refractivity (Wildman–Crippen MR) is 90.0 cm³/mol. The summed E-state index contributed by atoms with van der Waals surface area (Å²) in [7, 11) is 1.83. The first-order valence-corrected chi connectivity index (χ1v) is 8.26. The van der Waals surface area contributed by atoms with Crippen LogP contribution in [-0.2, 0) is 7.05 Å². The monoisotopic (exact) mass is 321 g/mol. The Morgan fingerprint density at radius 2 is 2.17 bits per heavy atom. The smallest absolute Gasteiger partial charge is 0.283 e. The number of aromatic nitrogens is 2. The lowest BCUT2D eigenvalue weighted by Gasteiger charge is -2.37. The third-order valence-corrected chi connectivity index (χ3v) is 3.94. The normalized spacial score (nSPS) is 16.5. The van der Waals surface area contributed by atoms with Crippen LogP contribution in [0, 0.1) is 16.0 Å². The molecule has 0 N–H and O–H groups in total. The van der Waals surface area contributed by atoms with Crippen molar-refractivity contribution < 1.29 is 4.92 Å². The van der Waals surface area contributed by atoms with Crippen molar-refractivity contribution in [1.29, 1.82) is 0 Å². The Kier molecular flexibility index (Phi) is 5.76. The van der Waals surface area contributed by atoms with Gasteiger partial charge in [-0.2, -0.15) is 5.10 Å².